The van der Waals surface area contributed by atoms with Crippen LogP contribution < -0.4 is 4.74 Å². The van der Waals surface area contributed by atoms with Crippen LogP contribution in [0.15, 0.2) is 42.6 Å². The van der Waals surface area contributed by atoms with Crippen LogP contribution in [0.5, 0.6) is 5.75 Å². The maximum Gasteiger partial charge on any atom is 0.337 e. The maximum atomic E-state index is 14.2. The van der Waals surface area contributed by atoms with Crippen molar-refractivity contribution in [1.82, 2.24) is 19.4 Å². The molecule has 2 aromatic carbocycles. The van der Waals surface area contributed by atoms with Gasteiger partial charge in [-0.25, -0.2) is 19.2 Å². The van der Waals surface area contributed by atoms with Crippen LogP contribution >= 0.6 is 11.6 Å². The van der Waals surface area contributed by atoms with E-state index >= 15 is 0 Å². The number of nitrogens with zero attached hydrogens (tertiary/aromatic N) is 4. The SMILES string of the molecule is Cc1cc2c(cc1OCc1ccc(Cl)cc1F)CN(Cc1nc3ncc(C(=O)O)cc3n1C[C@@H]1CCO1)CC2. The number of aryl methyl sites for hydroxylation is 1. The molecule has 2 aliphatic rings. The summed E-state index contributed by atoms with van der Waals surface area (Å²) < 4.78 is 28.0. The van der Waals surface area contributed by atoms with Gasteiger partial charge in [-0.3, -0.25) is 4.90 Å². The van der Waals surface area contributed by atoms with Crippen LogP contribution in [0.4, 0.5) is 4.39 Å². The third kappa shape index (κ3) is 5.34. The van der Waals surface area contributed by atoms with Crippen LogP contribution in [0.3, 0.4) is 0 Å². The summed E-state index contributed by atoms with van der Waals surface area (Å²) in [5.74, 6) is 0.160. The number of ether oxygens (including phenoxy) is 2. The van der Waals surface area contributed by atoms with E-state index < -0.39 is 5.97 Å². The van der Waals surface area contributed by atoms with Crippen LogP contribution in [0.1, 0.15) is 44.9 Å². The number of carboxylic acid groups (broad SMARTS) is 1. The van der Waals surface area contributed by atoms with Crippen molar-refractivity contribution in [1.29, 1.82) is 0 Å². The number of pyridine rings is 1. The minimum absolute atomic E-state index is 0.0878. The number of carboxylic acids is 1. The van der Waals surface area contributed by atoms with Crippen LogP contribution in [-0.4, -0.2) is 49.8 Å². The van der Waals surface area contributed by atoms with E-state index in [-0.39, 0.29) is 24.1 Å². The molecular formula is C29H28ClFN4O4. The quantitative estimate of drug-likeness (QED) is 0.324. The summed E-state index contributed by atoms with van der Waals surface area (Å²) in [5.41, 5.74) is 5.28. The molecule has 39 heavy (non-hydrogen) atoms. The molecule has 0 spiro atoms. The Bertz CT molecular complexity index is 1570. The first-order valence-electron chi connectivity index (χ1n) is 13.0. The number of benzene rings is 2. The lowest BCUT2D eigenvalue weighted by molar-refractivity contribution is -0.0592. The molecule has 0 unspecified atom stereocenters. The normalized spacial score (nSPS) is 17.2. The topological polar surface area (TPSA) is 89.7 Å². The zero-order valence-electron chi connectivity index (χ0n) is 21.5. The molecule has 0 saturated carbocycles. The van der Waals surface area contributed by atoms with Crippen molar-refractivity contribution in [2.24, 2.45) is 0 Å². The predicted molar refractivity (Wildman–Crippen MR) is 144 cm³/mol. The van der Waals surface area contributed by atoms with Gasteiger partial charge in [0, 0.05) is 36.5 Å². The summed E-state index contributed by atoms with van der Waals surface area (Å²) in [6.07, 6.45) is 3.28. The molecule has 0 radical (unpaired) electrons. The van der Waals surface area contributed by atoms with E-state index in [0.717, 1.165) is 48.7 Å². The fourth-order valence-corrected chi connectivity index (χ4v) is 5.34. The van der Waals surface area contributed by atoms with Crippen molar-refractivity contribution in [3.05, 3.63) is 87.1 Å². The molecule has 4 aromatic rings. The summed E-state index contributed by atoms with van der Waals surface area (Å²) >= 11 is 5.87. The Morgan fingerprint density at radius 2 is 2.10 bits per heavy atom. The fraction of sp³-hybridized carbons (Fsp3) is 0.345. The van der Waals surface area contributed by atoms with Gasteiger partial charge in [0.2, 0.25) is 0 Å². The molecule has 0 amide bonds. The standard InChI is InChI=1S/C29H28ClFN4O4/c1-17-8-18-4-6-34(13-21(18)10-26(17)39-16-19-2-3-22(30)11-24(19)31)15-27-33-28-25(9-20(12-32-28)29(36)37)35(27)14-23-5-7-38-23/h2-3,8-12,23H,4-7,13-16H2,1H3,(H,36,37)/t23-/m0/s1. The molecule has 0 aliphatic carbocycles. The Balaban J connectivity index is 1.22. The number of rotatable bonds is 8. The van der Waals surface area contributed by atoms with Gasteiger partial charge in [0.15, 0.2) is 5.65 Å². The molecule has 202 valence electrons. The number of carbonyl (C=O) groups is 1. The van der Waals surface area contributed by atoms with Gasteiger partial charge >= 0.3 is 5.97 Å². The van der Waals surface area contributed by atoms with Gasteiger partial charge in [0.1, 0.15) is 24.0 Å². The lowest BCUT2D eigenvalue weighted by atomic mass is 9.97. The van der Waals surface area contributed by atoms with E-state index in [9.17, 15) is 14.3 Å². The summed E-state index contributed by atoms with van der Waals surface area (Å²) in [5, 5.41) is 9.82. The first kappa shape index (κ1) is 25.7. The zero-order valence-corrected chi connectivity index (χ0v) is 22.2. The highest BCUT2D eigenvalue weighted by atomic mass is 35.5. The second kappa shape index (κ2) is 10.6. The average Bonchev–Trinajstić information content (AvgIpc) is 3.21. The van der Waals surface area contributed by atoms with Gasteiger partial charge in [0.05, 0.1) is 30.3 Å². The van der Waals surface area contributed by atoms with Gasteiger partial charge < -0.3 is 19.1 Å². The third-order valence-corrected chi connectivity index (χ3v) is 7.70. The lowest BCUT2D eigenvalue weighted by Gasteiger charge is -2.31. The summed E-state index contributed by atoms with van der Waals surface area (Å²) in [4.78, 5) is 23.0. The Morgan fingerprint density at radius 3 is 2.85 bits per heavy atom. The minimum Gasteiger partial charge on any atom is -0.489 e. The van der Waals surface area contributed by atoms with E-state index in [1.165, 1.54) is 17.8 Å². The molecule has 1 atom stereocenters. The Hall–Kier alpha value is -3.53. The molecule has 8 nitrogen and oxygen atoms in total. The van der Waals surface area contributed by atoms with Gasteiger partial charge in [-0.05, 0) is 60.7 Å². The lowest BCUT2D eigenvalue weighted by Crippen LogP contribution is -2.34. The van der Waals surface area contributed by atoms with Crippen molar-refractivity contribution in [3.63, 3.8) is 0 Å². The molecule has 10 heteroatoms. The van der Waals surface area contributed by atoms with Gasteiger partial charge in [-0.15, -0.1) is 0 Å². The molecule has 4 heterocycles. The van der Waals surface area contributed by atoms with E-state index in [0.29, 0.717) is 41.4 Å². The smallest absolute Gasteiger partial charge is 0.337 e. The molecule has 0 bridgehead atoms. The number of halogens is 2. The first-order chi connectivity index (χ1) is 18.8. The number of aromatic carboxylic acids is 1. The van der Waals surface area contributed by atoms with Gasteiger partial charge in [-0.2, -0.15) is 0 Å². The van der Waals surface area contributed by atoms with Crippen molar-refractivity contribution in [2.45, 2.75) is 52.1 Å². The van der Waals surface area contributed by atoms with Gasteiger partial charge in [-0.1, -0.05) is 23.7 Å². The maximum absolute atomic E-state index is 14.2. The van der Waals surface area contributed by atoms with Crippen LogP contribution in [0.2, 0.25) is 5.02 Å². The van der Waals surface area contributed by atoms with Crippen LogP contribution in [0.25, 0.3) is 11.2 Å². The molecule has 1 saturated heterocycles. The number of aromatic nitrogens is 3. The van der Waals surface area contributed by atoms with E-state index in [1.807, 2.05) is 6.92 Å². The number of imidazole rings is 1. The fourth-order valence-electron chi connectivity index (χ4n) is 5.18. The highest BCUT2D eigenvalue weighted by Crippen LogP contribution is 2.30. The highest BCUT2D eigenvalue weighted by molar-refractivity contribution is 6.30. The van der Waals surface area contributed by atoms with Crippen LogP contribution in [0, 0.1) is 12.7 Å². The minimum atomic E-state index is -1.02. The Morgan fingerprint density at radius 1 is 1.26 bits per heavy atom. The third-order valence-electron chi connectivity index (χ3n) is 7.46. The Kier molecular flexibility index (Phi) is 6.97. The summed E-state index contributed by atoms with van der Waals surface area (Å²) in [7, 11) is 0. The summed E-state index contributed by atoms with van der Waals surface area (Å²) in [6, 6.07) is 10.4. The average molecular weight is 551 g/mol. The zero-order chi connectivity index (χ0) is 27.1. The predicted octanol–water partition coefficient (Wildman–Crippen LogP) is 5.16. The van der Waals surface area contributed by atoms with Crippen LogP contribution in [-0.2, 0) is 37.4 Å². The summed E-state index contributed by atoms with van der Waals surface area (Å²) in [6.45, 7) is 5.62. The molecule has 1 N–H and O–H groups in total. The largest absolute Gasteiger partial charge is 0.489 e. The van der Waals surface area contributed by atoms with Crippen molar-refractivity contribution in [2.75, 3.05) is 13.2 Å². The Labute approximate surface area is 229 Å². The molecule has 2 aromatic heterocycles. The molecule has 6 rings (SSSR count). The number of hydrogen-bond acceptors (Lipinski definition) is 6. The van der Waals surface area contributed by atoms with E-state index in [2.05, 4.69) is 26.6 Å². The van der Waals surface area contributed by atoms with Crippen molar-refractivity contribution >= 4 is 28.7 Å². The monoisotopic (exact) mass is 550 g/mol. The highest BCUT2D eigenvalue weighted by Gasteiger charge is 2.25. The number of fused-ring (bicyclic) bond motifs is 2. The second-order valence-electron chi connectivity index (χ2n) is 10.2. The molecule has 2 aliphatic heterocycles. The first-order valence-corrected chi connectivity index (χ1v) is 13.3. The second-order valence-corrected chi connectivity index (χ2v) is 10.6. The van der Waals surface area contributed by atoms with Crippen molar-refractivity contribution < 1.29 is 23.8 Å². The van der Waals surface area contributed by atoms with Gasteiger partial charge in [0.25, 0.3) is 0 Å². The van der Waals surface area contributed by atoms with E-state index in [4.69, 9.17) is 26.1 Å². The molecular weight excluding hydrogens is 523 g/mol. The van der Waals surface area contributed by atoms with Crippen molar-refractivity contribution in [3.8, 4) is 5.75 Å². The molecule has 1 fully saturated rings. The van der Waals surface area contributed by atoms with E-state index in [1.54, 1.807) is 18.2 Å². The number of hydrogen-bond donors (Lipinski definition) is 1.